The van der Waals surface area contributed by atoms with Gasteiger partial charge in [-0.25, -0.2) is 10.4 Å². The molecule has 0 aliphatic carbocycles. The Kier molecular flexibility index (Phi) is 3.85. The molecule has 1 heterocycles. The van der Waals surface area contributed by atoms with E-state index >= 15 is 0 Å². The average Bonchev–Trinajstić information content (AvgIpc) is 2.71. The number of aromatic hydroxyl groups is 2. The fourth-order valence-corrected chi connectivity index (χ4v) is 2.20. The van der Waals surface area contributed by atoms with Crippen molar-refractivity contribution in [1.29, 1.82) is 0 Å². The van der Waals surface area contributed by atoms with Crippen LogP contribution in [0.5, 0.6) is 11.5 Å². The van der Waals surface area contributed by atoms with Crippen LogP contribution in [0.15, 0.2) is 23.3 Å². The fourth-order valence-electron chi connectivity index (χ4n) is 1.48. The van der Waals surface area contributed by atoms with Gasteiger partial charge in [-0.15, -0.1) is 0 Å². The maximum absolute atomic E-state index is 11.8. The lowest BCUT2D eigenvalue weighted by Gasteiger charge is -2.00. The van der Waals surface area contributed by atoms with Gasteiger partial charge in [0.15, 0.2) is 5.13 Å². The number of phenols is 2. The number of aromatic nitrogens is 1. The topological polar surface area (TPSA) is 121 Å². The Morgan fingerprint density at radius 1 is 1.50 bits per heavy atom. The molecular weight excluding hydrogens is 280 g/mol. The molecule has 1 aromatic carbocycles. The molecule has 0 saturated heterocycles. The number of hydrogen-bond donors (Lipinski definition) is 4. The van der Waals surface area contributed by atoms with E-state index in [0.717, 1.165) is 11.3 Å². The van der Waals surface area contributed by atoms with E-state index in [9.17, 15) is 9.90 Å². The van der Waals surface area contributed by atoms with E-state index in [1.165, 1.54) is 24.4 Å². The maximum Gasteiger partial charge on any atom is 0.283 e. The van der Waals surface area contributed by atoms with Crippen LogP contribution in [-0.2, 0) is 0 Å². The summed E-state index contributed by atoms with van der Waals surface area (Å²) < 4.78 is 0. The second-order valence-electron chi connectivity index (χ2n) is 3.91. The Morgan fingerprint density at radius 2 is 2.25 bits per heavy atom. The van der Waals surface area contributed by atoms with Gasteiger partial charge in [-0.05, 0) is 19.1 Å². The first-order valence-electron chi connectivity index (χ1n) is 5.55. The third-order valence-electron chi connectivity index (χ3n) is 2.40. The quantitative estimate of drug-likeness (QED) is 0.500. The molecular formula is C12H12N4O3S. The van der Waals surface area contributed by atoms with E-state index in [0.29, 0.717) is 21.3 Å². The molecule has 5 N–H and O–H groups in total. The first-order valence-corrected chi connectivity index (χ1v) is 6.37. The molecule has 0 unspecified atom stereocenters. The third kappa shape index (κ3) is 3.04. The second kappa shape index (κ2) is 5.57. The van der Waals surface area contributed by atoms with Crippen LogP contribution in [0.3, 0.4) is 0 Å². The minimum absolute atomic E-state index is 0.0561. The lowest BCUT2D eigenvalue weighted by Crippen LogP contribution is -2.17. The lowest BCUT2D eigenvalue weighted by molar-refractivity contribution is 0.0958. The highest BCUT2D eigenvalue weighted by Gasteiger charge is 2.13. The van der Waals surface area contributed by atoms with Crippen LogP contribution in [0.25, 0.3) is 0 Å². The van der Waals surface area contributed by atoms with Gasteiger partial charge in [-0.2, -0.15) is 5.10 Å². The van der Waals surface area contributed by atoms with Gasteiger partial charge in [0.05, 0.1) is 11.9 Å². The first kappa shape index (κ1) is 13.8. The number of nitrogens with one attached hydrogen (secondary N) is 1. The lowest BCUT2D eigenvalue weighted by atomic mass is 10.2. The summed E-state index contributed by atoms with van der Waals surface area (Å²) in [6, 6.07) is 4.05. The monoisotopic (exact) mass is 292 g/mol. The van der Waals surface area contributed by atoms with Crippen LogP contribution in [0.1, 0.15) is 20.9 Å². The zero-order valence-electron chi connectivity index (χ0n) is 10.5. The summed E-state index contributed by atoms with van der Waals surface area (Å²) in [5.74, 6) is -0.619. The van der Waals surface area contributed by atoms with E-state index < -0.39 is 5.91 Å². The smallest absolute Gasteiger partial charge is 0.283 e. The predicted molar refractivity (Wildman–Crippen MR) is 76.1 cm³/mol. The predicted octanol–water partition coefficient (Wildman–Crippen LogP) is 1.21. The van der Waals surface area contributed by atoms with Gasteiger partial charge in [0, 0.05) is 11.6 Å². The average molecular weight is 292 g/mol. The largest absolute Gasteiger partial charge is 0.508 e. The molecule has 1 amide bonds. The number of nitrogens with two attached hydrogens (primary N) is 1. The van der Waals surface area contributed by atoms with Crippen molar-refractivity contribution < 1.29 is 15.0 Å². The van der Waals surface area contributed by atoms with E-state index in [1.54, 1.807) is 6.92 Å². The van der Waals surface area contributed by atoms with Gasteiger partial charge in [0.2, 0.25) is 0 Å². The highest BCUT2D eigenvalue weighted by Crippen LogP contribution is 2.21. The molecule has 0 aliphatic rings. The van der Waals surface area contributed by atoms with E-state index in [-0.39, 0.29) is 11.5 Å². The highest BCUT2D eigenvalue weighted by atomic mass is 32.1. The van der Waals surface area contributed by atoms with Crippen molar-refractivity contribution in [2.45, 2.75) is 6.92 Å². The van der Waals surface area contributed by atoms with Gasteiger partial charge in [0.25, 0.3) is 5.91 Å². The molecule has 0 bridgehead atoms. The Balaban J connectivity index is 2.06. The number of amides is 1. The van der Waals surface area contributed by atoms with E-state index in [4.69, 9.17) is 10.8 Å². The van der Waals surface area contributed by atoms with Gasteiger partial charge >= 0.3 is 0 Å². The third-order valence-corrected chi connectivity index (χ3v) is 3.39. The Bertz CT molecular complexity index is 681. The number of hydrazone groups is 1. The Labute approximate surface area is 118 Å². The maximum atomic E-state index is 11.8. The minimum atomic E-state index is -0.425. The molecule has 0 saturated carbocycles. The van der Waals surface area contributed by atoms with Crippen LogP contribution in [0.4, 0.5) is 5.13 Å². The number of rotatable bonds is 3. The molecule has 20 heavy (non-hydrogen) atoms. The summed E-state index contributed by atoms with van der Waals surface area (Å²) >= 11 is 1.07. The van der Waals surface area contributed by atoms with Crippen molar-refractivity contribution in [3.63, 3.8) is 0 Å². The van der Waals surface area contributed by atoms with Crippen LogP contribution in [-0.4, -0.2) is 27.3 Å². The van der Waals surface area contributed by atoms with Crippen LogP contribution < -0.4 is 11.2 Å². The molecule has 0 aliphatic heterocycles. The van der Waals surface area contributed by atoms with Crippen LogP contribution in [0, 0.1) is 6.92 Å². The molecule has 104 valence electrons. The van der Waals surface area contributed by atoms with E-state index in [1.807, 2.05) is 0 Å². The van der Waals surface area contributed by atoms with Crippen molar-refractivity contribution in [2.75, 3.05) is 5.73 Å². The van der Waals surface area contributed by atoms with Crippen LogP contribution >= 0.6 is 11.3 Å². The number of carbonyl (C=O) groups is 1. The second-order valence-corrected chi connectivity index (χ2v) is 4.94. The number of thiazole rings is 1. The van der Waals surface area contributed by atoms with Gasteiger partial charge in [-0.1, -0.05) is 11.3 Å². The molecule has 1 aromatic heterocycles. The normalized spacial score (nSPS) is 10.8. The molecule has 0 atom stereocenters. The summed E-state index contributed by atoms with van der Waals surface area (Å²) in [5.41, 5.74) is 8.72. The molecule has 7 nitrogen and oxygen atoms in total. The fraction of sp³-hybridized carbons (Fsp3) is 0.0833. The SMILES string of the molecule is Cc1nc(N)sc1C(=O)NN=Cc1ccc(O)cc1O. The molecule has 2 aromatic rings. The van der Waals surface area contributed by atoms with Gasteiger partial charge < -0.3 is 15.9 Å². The number of nitrogens with zero attached hydrogens (tertiary/aromatic N) is 2. The number of phenolic OH excluding ortho intramolecular Hbond substituents is 2. The van der Waals surface area contributed by atoms with Crippen molar-refractivity contribution in [1.82, 2.24) is 10.4 Å². The number of benzene rings is 1. The van der Waals surface area contributed by atoms with Crippen molar-refractivity contribution in [3.8, 4) is 11.5 Å². The number of aryl methyl sites for hydroxylation is 1. The zero-order valence-corrected chi connectivity index (χ0v) is 11.3. The summed E-state index contributed by atoms with van der Waals surface area (Å²) in [5, 5.41) is 22.7. The molecule has 0 fully saturated rings. The van der Waals surface area contributed by atoms with E-state index in [2.05, 4.69) is 15.5 Å². The van der Waals surface area contributed by atoms with Gasteiger partial charge in [0.1, 0.15) is 16.4 Å². The number of nitrogen functional groups attached to an aromatic ring is 1. The van der Waals surface area contributed by atoms with Crippen molar-refractivity contribution >= 4 is 28.6 Å². The summed E-state index contributed by atoms with van der Waals surface area (Å²) in [6.07, 6.45) is 1.27. The molecule has 2 rings (SSSR count). The number of carbonyl (C=O) groups excluding carboxylic acids is 1. The Morgan fingerprint density at radius 3 is 2.85 bits per heavy atom. The molecule has 8 heteroatoms. The molecule has 0 spiro atoms. The van der Waals surface area contributed by atoms with Crippen molar-refractivity contribution in [2.24, 2.45) is 5.10 Å². The standard InChI is InChI=1S/C12H12N4O3S/c1-6-10(20-12(13)15-6)11(19)16-14-5-7-2-3-8(17)4-9(7)18/h2-5,17-18H,1H3,(H2,13,15)(H,16,19). The Hall–Kier alpha value is -2.61. The van der Waals surface area contributed by atoms with Crippen LogP contribution in [0.2, 0.25) is 0 Å². The van der Waals surface area contributed by atoms with Crippen molar-refractivity contribution in [3.05, 3.63) is 34.3 Å². The minimum Gasteiger partial charge on any atom is -0.508 e. The summed E-state index contributed by atoms with van der Waals surface area (Å²) in [7, 11) is 0. The zero-order chi connectivity index (χ0) is 14.7. The summed E-state index contributed by atoms with van der Waals surface area (Å²) in [6.45, 7) is 1.68. The summed E-state index contributed by atoms with van der Waals surface area (Å²) in [4.78, 5) is 16.1. The highest BCUT2D eigenvalue weighted by molar-refractivity contribution is 7.17. The number of anilines is 1. The molecule has 0 radical (unpaired) electrons. The number of hydrogen-bond acceptors (Lipinski definition) is 7. The first-order chi connectivity index (χ1) is 9.47. The van der Waals surface area contributed by atoms with Gasteiger partial charge in [-0.3, -0.25) is 4.79 Å².